The van der Waals surface area contributed by atoms with E-state index in [1.54, 1.807) is 12.1 Å². The van der Waals surface area contributed by atoms with Crippen molar-refractivity contribution >= 4 is 17.1 Å². The molecule has 6 heteroatoms. The quantitative estimate of drug-likeness (QED) is 0.659. The molecule has 0 saturated carbocycles. The fraction of sp³-hybridized carbons (Fsp3) is 0.357. The third kappa shape index (κ3) is 3.81. The average molecular weight is 275 g/mol. The number of non-ortho nitro benzene ring substituents is 1. The lowest BCUT2D eigenvalue weighted by Gasteiger charge is -2.14. The molecule has 1 aromatic rings. The summed E-state index contributed by atoms with van der Waals surface area (Å²) < 4.78 is 5.48. The number of hydrogen-bond donors (Lipinski definition) is 1. The number of nitrogens with zero attached hydrogens (tertiary/aromatic N) is 2. The van der Waals surface area contributed by atoms with Gasteiger partial charge in [0.25, 0.3) is 5.69 Å². The van der Waals surface area contributed by atoms with Crippen LogP contribution in [0.5, 0.6) is 0 Å². The Morgan fingerprint density at radius 3 is 2.75 bits per heavy atom. The van der Waals surface area contributed by atoms with Gasteiger partial charge in [-0.3, -0.25) is 15.5 Å². The van der Waals surface area contributed by atoms with Crippen molar-refractivity contribution in [2.45, 2.75) is 26.2 Å². The largest absolute Gasteiger partial charge is 0.498 e. The van der Waals surface area contributed by atoms with Crippen LogP contribution in [0.3, 0.4) is 0 Å². The lowest BCUT2D eigenvalue weighted by Crippen LogP contribution is -2.08. The maximum Gasteiger partial charge on any atom is 0.269 e. The van der Waals surface area contributed by atoms with Crippen LogP contribution in [-0.2, 0) is 4.74 Å². The van der Waals surface area contributed by atoms with E-state index in [4.69, 9.17) is 4.74 Å². The van der Waals surface area contributed by atoms with E-state index in [0.29, 0.717) is 6.61 Å². The van der Waals surface area contributed by atoms with Crippen LogP contribution < -0.4 is 5.43 Å². The average Bonchev–Trinajstić information content (AvgIpc) is 2.46. The SMILES string of the molecule is CCOC1=C/C(=N\Nc2ccc([N+](=O)[O-])cc2)CCC1. The van der Waals surface area contributed by atoms with Gasteiger partial charge in [-0.25, -0.2) is 0 Å². The Morgan fingerprint density at radius 2 is 2.10 bits per heavy atom. The fourth-order valence-electron chi connectivity index (χ4n) is 1.96. The molecule has 6 nitrogen and oxygen atoms in total. The van der Waals surface area contributed by atoms with Gasteiger partial charge in [0.2, 0.25) is 0 Å². The zero-order valence-electron chi connectivity index (χ0n) is 11.3. The smallest absolute Gasteiger partial charge is 0.269 e. The second-order valence-electron chi connectivity index (χ2n) is 4.42. The van der Waals surface area contributed by atoms with Gasteiger partial charge in [0, 0.05) is 18.6 Å². The van der Waals surface area contributed by atoms with Crippen molar-refractivity contribution in [2.24, 2.45) is 5.10 Å². The Bertz CT molecular complexity index is 535. The molecule has 0 radical (unpaired) electrons. The summed E-state index contributed by atoms with van der Waals surface area (Å²) in [6.45, 7) is 2.62. The normalized spacial score (nSPS) is 16.6. The van der Waals surface area contributed by atoms with Crippen molar-refractivity contribution in [2.75, 3.05) is 12.0 Å². The summed E-state index contributed by atoms with van der Waals surface area (Å²) in [6.07, 6.45) is 4.82. The Balaban J connectivity index is 2.01. The molecule has 0 atom stereocenters. The summed E-state index contributed by atoms with van der Waals surface area (Å²) in [6, 6.07) is 6.17. The summed E-state index contributed by atoms with van der Waals surface area (Å²) in [4.78, 5) is 10.1. The standard InChI is InChI=1S/C14H17N3O3/c1-2-20-14-5-3-4-12(10-14)16-15-11-6-8-13(9-7-11)17(18)19/h6-10,15H,2-5H2,1H3/b16-12-. The zero-order valence-corrected chi connectivity index (χ0v) is 11.3. The lowest BCUT2D eigenvalue weighted by atomic mass is 10.0. The van der Waals surface area contributed by atoms with E-state index in [1.807, 2.05) is 13.0 Å². The number of rotatable bonds is 5. The van der Waals surface area contributed by atoms with Crippen molar-refractivity contribution in [1.29, 1.82) is 0 Å². The Hall–Kier alpha value is -2.37. The van der Waals surface area contributed by atoms with Gasteiger partial charge in [-0.1, -0.05) is 0 Å². The molecular formula is C14H17N3O3. The molecule has 1 aliphatic rings. The van der Waals surface area contributed by atoms with E-state index in [0.717, 1.165) is 36.4 Å². The van der Waals surface area contributed by atoms with Gasteiger partial charge in [0.1, 0.15) is 0 Å². The summed E-state index contributed by atoms with van der Waals surface area (Å²) in [5, 5.41) is 14.9. The van der Waals surface area contributed by atoms with Crippen LogP contribution >= 0.6 is 0 Å². The van der Waals surface area contributed by atoms with E-state index < -0.39 is 4.92 Å². The van der Waals surface area contributed by atoms with Crippen LogP contribution in [0.15, 0.2) is 41.2 Å². The van der Waals surface area contributed by atoms with Gasteiger partial charge in [-0.15, -0.1) is 0 Å². The fourth-order valence-corrected chi connectivity index (χ4v) is 1.96. The van der Waals surface area contributed by atoms with Crippen LogP contribution in [0.2, 0.25) is 0 Å². The topological polar surface area (TPSA) is 76.8 Å². The van der Waals surface area contributed by atoms with Crippen molar-refractivity contribution in [3.05, 3.63) is 46.2 Å². The minimum absolute atomic E-state index is 0.0689. The Labute approximate surface area is 117 Å². The minimum atomic E-state index is -0.423. The van der Waals surface area contributed by atoms with Gasteiger partial charge in [-0.2, -0.15) is 5.10 Å². The summed E-state index contributed by atoms with van der Waals surface area (Å²) in [5.41, 5.74) is 4.63. The number of anilines is 1. The minimum Gasteiger partial charge on any atom is -0.498 e. The van der Waals surface area contributed by atoms with Crippen LogP contribution in [0.1, 0.15) is 26.2 Å². The molecule has 0 unspecified atom stereocenters. The molecule has 0 fully saturated rings. The third-order valence-corrected chi connectivity index (χ3v) is 2.92. The Kier molecular flexibility index (Phi) is 4.70. The van der Waals surface area contributed by atoms with E-state index >= 15 is 0 Å². The number of nitrogens with one attached hydrogen (secondary N) is 1. The van der Waals surface area contributed by atoms with Gasteiger partial charge < -0.3 is 4.74 Å². The van der Waals surface area contributed by atoms with Crippen LogP contribution in [0.25, 0.3) is 0 Å². The zero-order chi connectivity index (χ0) is 14.4. The highest BCUT2D eigenvalue weighted by Gasteiger charge is 2.09. The third-order valence-electron chi connectivity index (χ3n) is 2.92. The number of allylic oxidation sites excluding steroid dienone is 2. The van der Waals surface area contributed by atoms with E-state index in [-0.39, 0.29) is 5.69 Å². The first-order chi connectivity index (χ1) is 9.69. The first-order valence-corrected chi connectivity index (χ1v) is 6.59. The molecule has 2 rings (SSSR count). The molecule has 0 heterocycles. The summed E-state index contributed by atoms with van der Waals surface area (Å²) in [7, 11) is 0. The highest BCUT2D eigenvalue weighted by Crippen LogP contribution is 2.18. The Morgan fingerprint density at radius 1 is 1.35 bits per heavy atom. The van der Waals surface area contributed by atoms with E-state index in [2.05, 4.69) is 10.5 Å². The first-order valence-electron chi connectivity index (χ1n) is 6.59. The molecule has 106 valence electrons. The molecule has 0 amide bonds. The van der Waals surface area contributed by atoms with Crippen molar-refractivity contribution in [1.82, 2.24) is 0 Å². The maximum absolute atomic E-state index is 10.6. The maximum atomic E-state index is 10.6. The number of benzene rings is 1. The van der Waals surface area contributed by atoms with Crippen LogP contribution in [-0.4, -0.2) is 17.2 Å². The number of ether oxygens (including phenoxy) is 1. The lowest BCUT2D eigenvalue weighted by molar-refractivity contribution is -0.384. The predicted octanol–water partition coefficient (Wildman–Crippen LogP) is 3.47. The predicted molar refractivity (Wildman–Crippen MR) is 77.7 cm³/mol. The van der Waals surface area contributed by atoms with Crippen molar-refractivity contribution in [3.63, 3.8) is 0 Å². The second-order valence-corrected chi connectivity index (χ2v) is 4.42. The molecule has 1 N–H and O–H groups in total. The molecule has 0 spiro atoms. The molecule has 1 aliphatic carbocycles. The van der Waals surface area contributed by atoms with Gasteiger partial charge in [-0.05, 0) is 38.0 Å². The molecule has 1 aromatic carbocycles. The number of nitro groups is 1. The van der Waals surface area contributed by atoms with Gasteiger partial charge in [0.05, 0.1) is 28.7 Å². The molecule has 0 bridgehead atoms. The highest BCUT2D eigenvalue weighted by atomic mass is 16.6. The molecule has 20 heavy (non-hydrogen) atoms. The summed E-state index contributed by atoms with van der Waals surface area (Å²) in [5.74, 6) is 0.961. The number of hydrogen-bond acceptors (Lipinski definition) is 5. The first kappa shape index (κ1) is 14.0. The summed E-state index contributed by atoms with van der Waals surface area (Å²) >= 11 is 0. The monoisotopic (exact) mass is 275 g/mol. The van der Waals surface area contributed by atoms with Crippen LogP contribution in [0, 0.1) is 10.1 Å². The number of nitro benzene ring substituents is 1. The molecular weight excluding hydrogens is 258 g/mol. The second kappa shape index (κ2) is 6.70. The van der Waals surface area contributed by atoms with Crippen LogP contribution in [0.4, 0.5) is 11.4 Å². The molecule has 0 saturated heterocycles. The van der Waals surface area contributed by atoms with Crippen molar-refractivity contribution in [3.8, 4) is 0 Å². The van der Waals surface area contributed by atoms with Gasteiger partial charge in [0.15, 0.2) is 0 Å². The van der Waals surface area contributed by atoms with Gasteiger partial charge >= 0.3 is 0 Å². The van der Waals surface area contributed by atoms with E-state index in [1.165, 1.54) is 12.1 Å². The molecule has 0 aromatic heterocycles. The highest BCUT2D eigenvalue weighted by molar-refractivity contribution is 5.96. The van der Waals surface area contributed by atoms with E-state index in [9.17, 15) is 10.1 Å². The number of hydrazone groups is 1. The molecule has 0 aliphatic heterocycles. The van der Waals surface area contributed by atoms with Crippen molar-refractivity contribution < 1.29 is 9.66 Å².